The number of nitrogens with zero attached hydrogens (tertiary/aromatic N) is 2. The summed E-state index contributed by atoms with van der Waals surface area (Å²) in [6, 6.07) is 14.0. The van der Waals surface area contributed by atoms with E-state index in [1.165, 1.54) is 12.1 Å². The highest BCUT2D eigenvalue weighted by molar-refractivity contribution is 6.01. The number of carbonyl (C=O) groups excluding carboxylic acids is 2. The number of rotatable bonds is 8. The zero-order valence-electron chi connectivity index (χ0n) is 21.5. The van der Waals surface area contributed by atoms with Crippen LogP contribution in [0.2, 0.25) is 0 Å². The van der Waals surface area contributed by atoms with Gasteiger partial charge >= 0.3 is 11.9 Å². The maximum Gasteiger partial charge on any atom is 0.336 e. The molecule has 2 aromatic rings. The van der Waals surface area contributed by atoms with Gasteiger partial charge in [0.25, 0.3) is 0 Å². The van der Waals surface area contributed by atoms with Crippen LogP contribution in [0.4, 0.5) is 17.1 Å². The molecule has 1 heterocycles. The largest absolute Gasteiger partial charge is 0.595 e. The van der Waals surface area contributed by atoms with Gasteiger partial charge in [0.15, 0.2) is 5.69 Å². The van der Waals surface area contributed by atoms with Crippen LogP contribution in [0.25, 0.3) is 0 Å². The third-order valence-electron chi connectivity index (χ3n) is 6.11. The molecule has 0 aromatic heterocycles. The Kier molecular flexibility index (Phi) is 8.52. The number of hydrogen-bond donors (Lipinski definition) is 2. The van der Waals surface area contributed by atoms with Gasteiger partial charge in [0.05, 0.1) is 30.3 Å². The van der Waals surface area contributed by atoms with E-state index < -0.39 is 23.1 Å². The molecule has 9 heteroatoms. The SMILES string of the molecule is CCOC(=O)C1=C(C)N(c2ccc(N(C)C)cc2)C(C)=C(C(=O)OCC)C1c1cccc([NH+]([O-])O)c1. The van der Waals surface area contributed by atoms with Crippen LogP contribution in [-0.4, -0.2) is 44.5 Å². The number of allylic oxidation sites excluding steroid dienone is 2. The highest BCUT2D eigenvalue weighted by Crippen LogP contribution is 2.45. The van der Waals surface area contributed by atoms with E-state index in [2.05, 4.69) is 0 Å². The predicted octanol–water partition coefficient (Wildman–Crippen LogP) is 3.43. The zero-order valence-corrected chi connectivity index (χ0v) is 21.5. The third kappa shape index (κ3) is 5.28. The number of esters is 2. The first-order valence-corrected chi connectivity index (χ1v) is 11.8. The molecule has 0 saturated carbocycles. The number of anilines is 2. The number of quaternary nitrogens is 1. The van der Waals surface area contributed by atoms with Crippen LogP contribution in [-0.2, 0) is 19.1 Å². The van der Waals surface area contributed by atoms with Crippen LogP contribution < -0.4 is 15.0 Å². The van der Waals surface area contributed by atoms with Gasteiger partial charge in [-0.15, -0.1) is 0 Å². The lowest BCUT2D eigenvalue weighted by Crippen LogP contribution is -2.99. The van der Waals surface area contributed by atoms with Crippen molar-refractivity contribution in [2.24, 2.45) is 0 Å². The van der Waals surface area contributed by atoms with E-state index in [1.807, 2.05) is 48.2 Å². The monoisotopic (exact) mass is 495 g/mol. The van der Waals surface area contributed by atoms with Crippen LogP contribution in [0.5, 0.6) is 0 Å². The molecule has 0 bridgehead atoms. The van der Waals surface area contributed by atoms with E-state index >= 15 is 0 Å². The average molecular weight is 496 g/mol. The lowest BCUT2D eigenvalue weighted by molar-refractivity contribution is -0.991. The minimum absolute atomic E-state index is 0.0518. The normalized spacial score (nSPS) is 15.2. The average Bonchev–Trinajstić information content (AvgIpc) is 2.84. The fourth-order valence-electron chi connectivity index (χ4n) is 4.48. The summed E-state index contributed by atoms with van der Waals surface area (Å²) in [4.78, 5) is 30.5. The van der Waals surface area contributed by atoms with E-state index in [1.54, 1.807) is 39.8 Å². The summed E-state index contributed by atoms with van der Waals surface area (Å²) in [5.41, 5.74) is 3.98. The van der Waals surface area contributed by atoms with Gasteiger partial charge in [0.1, 0.15) is 0 Å². The molecule has 9 nitrogen and oxygen atoms in total. The van der Waals surface area contributed by atoms with Crippen molar-refractivity contribution in [1.82, 2.24) is 0 Å². The Morgan fingerprint density at radius 1 is 0.972 bits per heavy atom. The Morgan fingerprint density at radius 3 is 1.94 bits per heavy atom. The first-order chi connectivity index (χ1) is 17.1. The molecule has 2 aromatic carbocycles. The fraction of sp³-hybridized carbons (Fsp3) is 0.333. The van der Waals surface area contributed by atoms with Crippen molar-refractivity contribution in [3.8, 4) is 0 Å². The maximum absolute atomic E-state index is 13.4. The second-order valence-corrected chi connectivity index (χ2v) is 8.55. The summed E-state index contributed by atoms with van der Waals surface area (Å²) in [7, 11) is 3.89. The lowest BCUT2D eigenvalue weighted by Gasteiger charge is -2.38. The smallest absolute Gasteiger partial charge is 0.336 e. The second kappa shape index (κ2) is 11.4. The van der Waals surface area contributed by atoms with Gasteiger partial charge in [-0.25, -0.2) is 14.8 Å². The molecule has 1 aliphatic heterocycles. The number of hydrogen-bond acceptors (Lipinski definition) is 8. The number of carbonyl (C=O) groups is 2. The summed E-state index contributed by atoms with van der Waals surface area (Å²) in [6.07, 6.45) is 0. The summed E-state index contributed by atoms with van der Waals surface area (Å²) >= 11 is 0. The minimum Gasteiger partial charge on any atom is -0.595 e. The number of benzene rings is 2. The summed E-state index contributed by atoms with van der Waals surface area (Å²) in [5.74, 6) is -2.02. The van der Waals surface area contributed by atoms with Gasteiger partial charge in [-0.1, -0.05) is 12.1 Å². The topological polar surface area (TPSA) is 107 Å². The van der Waals surface area contributed by atoms with E-state index in [9.17, 15) is 20.0 Å². The minimum atomic E-state index is -1.10. The van der Waals surface area contributed by atoms with Crippen molar-refractivity contribution in [3.63, 3.8) is 0 Å². The van der Waals surface area contributed by atoms with Crippen molar-refractivity contribution in [1.29, 1.82) is 0 Å². The molecule has 3 rings (SSSR count). The molecule has 0 saturated heterocycles. The van der Waals surface area contributed by atoms with Crippen molar-refractivity contribution in [2.45, 2.75) is 33.6 Å². The first-order valence-electron chi connectivity index (χ1n) is 11.8. The summed E-state index contributed by atoms with van der Waals surface area (Å²) < 4.78 is 10.8. The predicted molar refractivity (Wildman–Crippen MR) is 137 cm³/mol. The van der Waals surface area contributed by atoms with Gasteiger partial charge in [0, 0.05) is 49.0 Å². The van der Waals surface area contributed by atoms with E-state index in [0.717, 1.165) is 11.4 Å². The van der Waals surface area contributed by atoms with Crippen LogP contribution in [0, 0.1) is 5.21 Å². The van der Waals surface area contributed by atoms with Crippen LogP contribution in [0.15, 0.2) is 71.1 Å². The zero-order chi connectivity index (χ0) is 26.6. The molecule has 192 valence electrons. The Morgan fingerprint density at radius 2 is 1.50 bits per heavy atom. The van der Waals surface area contributed by atoms with Gasteiger partial charge in [-0.05, 0) is 57.5 Å². The molecule has 36 heavy (non-hydrogen) atoms. The van der Waals surface area contributed by atoms with Crippen molar-refractivity contribution in [2.75, 3.05) is 37.1 Å². The van der Waals surface area contributed by atoms with Gasteiger partial charge in [-0.2, -0.15) is 5.23 Å². The molecule has 1 atom stereocenters. The molecule has 0 spiro atoms. The quantitative estimate of drug-likeness (QED) is 0.424. The van der Waals surface area contributed by atoms with Gasteiger partial charge in [-0.3, -0.25) is 0 Å². The lowest BCUT2D eigenvalue weighted by atomic mass is 9.79. The molecule has 0 amide bonds. The number of nitrogens with one attached hydrogen (secondary N) is 1. The van der Waals surface area contributed by atoms with Crippen LogP contribution in [0.3, 0.4) is 0 Å². The second-order valence-electron chi connectivity index (χ2n) is 8.55. The molecular weight excluding hydrogens is 462 g/mol. The first kappa shape index (κ1) is 26.9. The fourth-order valence-corrected chi connectivity index (χ4v) is 4.48. The molecule has 1 unspecified atom stereocenters. The summed E-state index contributed by atoms with van der Waals surface area (Å²) in [5, 5.41) is 20.2. The van der Waals surface area contributed by atoms with E-state index in [-0.39, 0.29) is 30.0 Å². The van der Waals surface area contributed by atoms with Crippen LogP contribution >= 0.6 is 0 Å². The highest BCUT2D eigenvalue weighted by Gasteiger charge is 2.41. The molecule has 2 N–H and O–H groups in total. The van der Waals surface area contributed by atoms with E-state index in [4.69, 9.17) is 9.47 Å². The molecule has 0 fully saturated rings. The van der Waals surface area contributed by atoms with Crippen molar-refractivity contribution < 1.29 is 29.5 Å². The Balaban J connectivity index is 2.31. The van der Waals surface area contributed by atoms with Crippen molar-refractivity contribution >= 4 is 29.0 Å². The Bertz CT molecular complexity index is 1140. The Labute approximate surface area is 211 Å². The highest BCUT2D eigenvalue weighted by atomic mass is 16.8. The molecule has 0 radical (unpaired) electrons. The maximum atomic E-state index is 13.4. The van der Waals surface area contributed by atoms with Crippen molar-refractivity contribution in [3.05, 3.63) is 81.8 Å². The van der Waals surface area contributed by atoms with Gasteiger partial charge < -0.3 is 24.5 Å². The third-order valence-corrected chi connectivity index (χ3v) is 6.11. The standard InChI is InChI=1S/C27H33N3O6/c1-7-35-26(31)23-17(3)29(21-14-12-20(13-15-21)28(5)6)18(4)24(27(32)36-8-2)25(23)19-10-9-11-22(16-19)30(33)34/h9-16,25,30,33H,7-8H2,1-6H3. The number of ether oxygens (including phenoxy) is 2. The van der Waals surface area contributed by atoms with E-state index in [0.29, 0.717) is 17.0 Å². The molecule has 0 aliphatic carbocycles. The van der Waals surface area contributed by atoms with Gasteiger partial charge in [0.2, 0.25) is 0 Å². The Hall–Kier alpha value is -3.66. The molecule has 1 aliphatic rings. The summed E-state index contributed by atoms with van der Waals surface area (Å²) in [6.45, 7) is 7.31. The van der Waals surface area contributed by atoms with Crippen LogP contribution in [0.1, 0.15) is 39.2 Å². The molecular formula is C27H33N3O6.